The van der Waals surface area contributed by atoms with Crippen LogP contribution in [0.3, 0.4) is 0 Å². The summed E-state index contributed by atoms with van der Waals surface area (Å²) in [6, 6.07) is 3.77. The number of nitrogens with zero attached hydrogens (tertiary/aromatic N) is 2. The van der Waals surface area contributed by atoms with Gasteiger partial charge in [0, 0.05) is 11.3 Å². The van der Waals surface area contributed by atoms with Crippen molar-refractivity contribution < 1.29 is 0 Å². The first-order chi connectivity index (χ1) is 8.19. The van der Waals surface area contributed by atoms with Crippen LogP contribution in [0, 0.1) is 11.3 Å². The zero-order valence-corrected chi connectivity index (χ0v) is 10.7. The summed E-state index contributed by atoms with van der Waals surface area (Å²) in [5, 5.41) is 12.3. The summed E-state index contributed by atoms with van der Waals surface area (Å²) in [7, 11) is 0. The van der Waals surface area contributed by atoms with Gasteiger partial charge in [0.05, 0.1) is 17.4 Å². The van der Waals surface area contributed by atoms with Crippen LogP contribution < -0.4 is 11.1 Å². The van der Waals surface area contributed by atoms with Crippen molar-refractivity contribution in [2.75, 3.05) is 23.9 Å². The molecule has 5 heteroatoms. The van der Waals surface area contributed by atoms with E-state index < -0.39 is 0 Å². The lowest BCUT2D eigenvalue weighted by atomic mass is 9.84. The second-order valence-corrected chi connectivity index (χ2v) is 5.65. The normalized spacial score (nSPS) is 16.9. The first-order valence-corrected chi connectivity index (χ1v) is 6.86. The summed E-state index contributed by atoms with van der Waals surface area (Å²) in [6.45, 7) is 0.861. The zero-order chi connectivity index (χ0) is 12.3. The molecule has 90 valence electrons. The van der Waals surface area contributed by atoms with E-state index in [-0.39, 0.29) is 0 Å². The number of nitrogen functional groups attached to an aromatic ring is 1. The van der Waals surface area contributed by atoms with E-state index in [0.29, 0.717) is 21.8 Å². The Morgan fingerprint density at radius 3 is 2.94 bits per heavy atom. The highest BCUT2D eigenvalue weighted by Crippen LogP contribution is 2.42. The van der Waals surface area contributed by atoms with Gasteiger partial charge in [0.1, 0.15) is 11.9 Å². The van der Waals surface area contributed by atoms with Crippen LogP contribution in [0.4, 0.5) is 11.5 Å². The number of aromatic nitrogens is 1. The summed E-state index contributed by atoms with van der Waals surface area (Å²) < 4.78 is 0.329. The molecule has 3 N–H and O–H groups in total. The number of nitriles is 1. The van der Waals surface area contributed by atoms with E-state index >= 15 is 0 Å². The van der Waals surface area contributed by atoms with Crippen LogP contribution in [0.25, 0.3) is 0 Å². The third-order valence-electron chi connectivity index (χ3n) is 3.31. The highest BCUT2D eigenvalue weighted by atomic mass is 32.2. The average molecular weight is 248 g/mol. The summed E-state index contributed by atoms with van der Waals surface area (Å²) in [5.74, 6) is 0.641. The van der Waals surface area contributed by atoms with Crippen molar-refractivity contribution in [1.82, 2.24) is 4.98 Å². The van der Waals surface area contributed by atoms with Gasteiger partial charge in [-0.05, 0) is 25.2 Å². The van der Waals surface area contributed by atoms with E-state index in [1.54, 1.807) is 12.3 Å². The Morgan fingerprint density at radius 2 is 2.41 bits per heavy atom. The molecule has 2 rings (SSSR count). The van der Waals surface area contributed by atoms with Crippen LogP contribution in [-0.2, 0) is 0 Å². The van der Waals surface area contributed by atoms with Crippen LogP contribution in [0.5, 0.6) is 0 Å². The van der Waals surface area contributed by atoms with Gasteiger partial charge >= 0.3 is 0 Å². The number of hydrogen-bond acceptors (Lipinski definition) is 5. The Kier molecular flexibility index (Phi) is 3.43. The maximum atomic E-state index is 9.01. The van der Waals surface area contributed by atoms with Gasteiger partial charge in [-0.2, -0.15) is 17.0 Å². The van der Waals surface area contributed by atoms with Gasteiger partial charge in [-0.3, -0.25) is 0 Å². The molecule has 0 bridgehead atoms. The molecule has 1 saturated carbocycles. The molecular formula is C12H16N4S. The molecule has 0 spiro atoms. The molecule has 1 aromatic rings. The second-order valence-electron chi connectivity index (χ2n) is 4.37. The van der Waals surface area contributed by atoms with Gasteiger partial charge in [0.2, 0.25) is 0 Å². The van der Waals surface area contributed by atoms with Gasteiger partial charge in [-0.1, -0.05) is 6.42 Å². The van der Waals surface area contributed by atoms with Crippen molar-refractivity contribution in [2.45, 2.75) is 24.0 Å². The van der Waals surface area contributed by atoms with Crippen molar-refractivity contribution in [2.24, 2.45) is 0 Å². The number of hydrogen-bond donors (Lipinski definition) is 2. The highest BCUT2D eigenvalue weighted by Gasteiger charge is 2.35. The molecule has 0 amide bonds. The first-order valence-electron chi connectivity index (χ1n) is 5.64. The smallest absolute Gasteiger partial charge is 0.144 e. The molecular weight excluding hydrogens is 232 g/mol. The van der Waals surface area contributed by atoms with Crippen molar-refractivity contribution in [3.8, 4) is 6.07 Å². The van der Waals surface area contributed by atoms with Crippen LogP contribution in [-0.4, -0.2) is 22.5 Å². The molecule has 0 saturated heterocycles. The lowest BCUT2D eigenvalue weighted by molar-refractivity contribution is 0.379. The fraction of sp³-hybridized carbons (Fsp3) is 0.500. The predicted molar refractivity (Wildman–Crippen MR) is 72.0 cm³/mol. The number of nitrogens with two attached hydrogens (primary N) is 1. The van der Waals surface area contributed by atoms with Gasteiger partial charge in [0.25, 0.3) is 0 Å². The monoisotopic (exact) mass is 248 g/mol. The van der Waals surface area contributed by atoms with E-state index in [4.69, 9.17) is 11.0 Å². The van der Waals surface area contributed by atoms with Crippen molar-refractivity contribution >= 4 is 23.3 Å². The van der Waals surface area contributed by atoms with E-state index in [0.717, 1.165) is 6.54 Å². The van der Waals surface area contributed by atoms with Crippen molar-refractivity contribution in [3.05, 3.63) is 17.8 Å². The largest absolute Gasteiger partial charge is 0.397 e. The van der Waals surface area contributed by atoms with E-state index in [1.165, 1.54) is 19.3 Å². The third kappa shape index (κ3) is 2.47. The molecule has 1 heterocycles. The Morgan fingerprint density at radius 1 is 1.65 bits per heavy atom. The van der Waals surface area contributed by atoms with Crippen LogP contribution in [0.2, 0.25) is 0 Å². The lowest BCUT2D eigenvalue weighted by Crippen LogP contribution is -2.40. The number of thioether (sulfide) groups is 1. The molecule has 0 aliphatic heterocycles. The van der Waals surface area contributed by atoms with Crippen molar-refractivity contribution in [1.29, 1.82) is 5.26 Å². The summed E-state index contributed by atoms with van der Waals surface area (Å²) in [5.41, 5.74) is 6.64. The second kappa shape index (κ2) is 4.84. The SMILES string of the molecule is CSC1(CNc2ncc(N)cc2C#N)CCC1. The van der Waals surface area contributed by atoms with Gasteiger partial charge in [-0.25, -0.2) is 4.98 Å². The van der Waals surface area contributed by atoms with Gasteiger partial charge in [0.15, 0.2) is 0 Å². The van der Waals surface area contributed by atoms with E-state index in [2.05, 4.69) is 22.6 Å². The zero-order valence-electron chi connectivity index (χ0n) is 9.86. The van der Waals surface area contributed by atoms with Crippen LogP contribution in [0.15, 0.2) is 12.3 Å². The molecule has 4 nitrogen and oxygen atoms in total. The van der Waals surface area contributed by atoms with Gasteiger partial charge < -0.3 is 11.1 Å². The highest BCUT2D eigenvalue weighted by molar-refractivity contribution is 8.00. The minimum absolute atomic E-state index is 0.329. The van der Waals surface area contributed by atoms with Crippen molar-refractivity contribution in [3.63, 3.8) is 0 Å². The average Bonchev–Trinajstić information content (AvgIpc) is 2.29. The Bertz CT molecular complexity index is 443. The Hall–Kier alpha value is -1.41. The molecule has 0 radical (unpaired) electrons. The molecule has 1 aliphatic carbocycles. The number of rotatable bonds is 4. The summed E-state index contributed by atoms with van der Waals surface area (Å²) in [6.07, 6.45) is 7.48. The number of nitrogens with one attached hydrogen (secondary N) is 1. The van der Waals surface area contributed by atoms with Gasteiger partial charge in [-0.15, -0.1) is 0 Å². The molecule has 1 fully saturated rings. The Labute approximate surface area is 106 Å². The van der Waals surface area contributed by atoms with Crippen LogP contribution >= 0.6 is 11.8 Å². The molecule has 17 heavy (non-hydrogen) atoms. The maximum Gasteiger partial charge on any atom is 0.144 e. The molecule has 0 aromatic carbocycles. The number of anilines is 2. The fourth-order valence-corrected chi connectivity index (χ4v) is 2.89. The first kappa shape index (κ1) is 12.1. The quantitative estimate of drug-likeness (QED) is 0.854. The fourth-order valence-electron chi connectivity index (χ4n) is 1.98. The van der Waals surface area contributed by atoms with E-state index in [1.807, 2.05) is 11.8 Å². The molecule has 1 aliphatic rings. The molecule has 1 aromatic heterocycles. The third-order valence-corrected chi connectivity index (χ3v) is 4.72. The molecule has 0 atom stereocenters. The minimum Gasteiger partial charge on any atom is -0.397 e. The predicted octanol–water partition coefficient (Wildman–Crippen LogP) is 2.23. The lowest BCUT2D eigenvalue weighted by Gasteiger charge is -2.40. The summed E-state index contributed by atoms with van der Waals surface area (Å²) in [4.78, 5) is 4.18. The maximum absolute atomic E-state index is 9.01. The minimum atomic E-state index is 0.329. The standard InChI is InChI=1S/C12H16N4S/c1-17-12(3-2-4-12)8-16-11-9(6-13)5-10(14)7-15-11/h5,7H,2-4,8,14H2,1H3,(H,15,16). The van der Waals surface area contributed by atoms with Crippen LogP contribution in [0.1, 0.15) is 24.8 Å². The summed E-state index contributed by atoms with van der Waals surface area (Å²) >= 11 is 1.90. The number of pyridine rings is 1. The molecule has 0 unspecified atom stereocenters. The van der Waals surface area contributed by atoms with E-state index in [9.17, 15) is 0 Å². The Balaban J connectivity index is 2.06. The topological polar surface area (TPSA) is 74.7 Å².